The van der Waals surface area contributed by atoms with Crippen LogP contribution in [-0.4, -0.2) is 45.3 Å². The third-order valence-corrected chi connectivity index (χ3v) is 3.90. The minimum Gasteiger partial charge on any atom is -0.467 e. The molecule has 0 aliphatic carbocycles. The van der Waals surface area contributed by atoms with E-state index in [9.17, 15) is 13.8 Å². The lowest BCUT2D eigenvalue weighted by atomic mass is 10.3. The monoisotopic (exact) mass is 219 g/mol. The van der Waals surface area contributed by atoms with Crippen LogP contribution in [0.2, 0.25) is 0 Å². The van der Waals surface area contributed by atoms with Crippen molar-refractivity contribution in [3.05, 3.63) is 0 Å². The van der Waals surface area contributed by atoms with E-state index in [2.05, 4.69) is 4.74 Å². The summed E-state index contributed by atoms with van der Waals surface area (Å²) in [6, 6.07) is -0.687. The maximum absolute atomic E-state index is 11.4. The number of hydrogen-bond acceptors (Lipinski definition) is 4. The van der Waals surface area contributed by atoms with Crippen LogP contribution in [0.4, 0.5) is 0 Å². The topological polar surface area (TPSA) is 63.7 Å². The molecule has 0 aromatic rings. The number of nitrogens with zero attached hydrogens (tertiary/aromatic N) is 1. The van der Waals surface area contributed by atoms with E-state index in [0.29, 0.717) is 0 Å². The lowest BCUT2D eigenvalue weighted by molar-refractivity contribution is -0.150. The average molecular weight is 219 g/mol. The summed E-state index contributed by atoms with van der Waals surface area (Å²) >= 11 is 0. The first-order chi connectivity index (χ1) is 6.49. The Hall–Kier alpha value is -0.910. The van der Waals surface area contributed by atoms with Crippen LogP contribution >= 0.6 is 0 Å². The summed E-state index contributed by atoms with van der Waals surface area (Å²) < 4.78 is 16.0. The molecule has 14 heavy (non-hydrogen) atoms. The Morgan fingerprint density at radius 3 is 2.50 bits per heavy atom. The maximum atomic E-state index is 11.4. The van der Waals surface area contributed by atoms with Gasteiger partial charge in [-0.05, 0) is 6.92 Å². The van der Waals surface area contributed by atoms with Gasteiger partial charge in [0.05, 0.1) is 12.9 Å². The molecule has 0 aromatic carbocycles. The number of ether oxygens (including phenoxy) is 1. The van der Waals surface area contributed by atoms with E-state index in [1.165, 1.54) is 18.9 Å². The van der Waals surface area contributed by atoms with Gasteiger partial charge in [-0.15, -0.1) is 0 Å². The van der Waals surface area contributed by atoms with Crippen LogP contribution < -0.4 is 0 Å². The molecule has 1 amide bonds. The van der Waals surface area contributed by atoms with Crippen LogP contribution in [0, 0.1) is 0 Å². The second kappa shape index (κ2) is 4.08. The highest BCUT2D eigenvalue weighted by Gasteiger charge is 2.42. The van der Waals surface area contributed by atoms with Crippen molar-refractivity contribution in [3.63, 3.8) is 0 Å². The van der Waals surface area contributed by atoms with E-state index in [1.54, 1.807) is 6.92 Å². The van der Waals surface area contributed by atoms with E-state index < -0.39 is 28.2 Å². The van der Waals surface area contributed by atoms with Crippen LogP contribution in [0.5, 0.6) is 0 Å². The van der Waals surface area contributed by atoms with Crippen LogP contribution in [0.3, 0.4) is 0 Å². The molecule has 1 fully saturated rings. The van der Waals surface area contributed by atoms with Crippen molar-refractivity contribution in [1.29, 1.82) is 0 Å². The first-order valence-electron chi connectivity index (χ1n) is 4.23. The minimum absolute atomic E-state index is 0.174. The zero-order valence-corrected chi connectivity index (χ0v) is 9.17. The van der Waals surface area contributed by atoms with Gasteiger partial charge in [-0.1, -0.05) is 0 Å². The van der Waals surface area contributed by atoms with Gasteiger partial charge in [0.15, 0.2) is 0 Å². The molecule has 0 aromatic heterocycles. The molecule has 1 aliphatic rings. The number of hydrogen-bond donors (Lipinski definition) is 0. The smallest absolute Gasteiger partial charge is 0.329 e. The summed E-state index contributed by atoms with van der Waals surface area (Å²) in [6.07, 6.45) is 0. The molecule has 5 nitrogen and oxygen atoms in total. The fraction of sp³-hybridized carbons (Fsp3) is 0.750. The molecule has 80 valence electrons. The average Bonchev–Trinajstić information content (AvgIpc) is 2.42. The zero-order valence-electron chi connectivity index (χ0n) is 8.35. The number of carbonyl (C=O) groups is 2. The van der Waals surface area contributed by atoms with Gasteiger partial charge >= 0.3 is 5.97 Å². The third-order valence-electron chi connectivity index (χ3n) is 2.27. The quantitative estimate of drug-likeness (QED) is 0.557. The minimum atomic E-state index is -1.17. The van der Waals surface area contributed by atoms with E-state index >= 15 is 0 Å². The van der Waals surface area contributed by atoms with Crippen LogP contribution in [-0.2, 0) is 25.1 Å². The summed E-state index contributed by atoms with van der Waals surface area (Å²) in [5, 5.41) is -0.406. The Morgan fingerprint density at radius 2 is 2.07 bits per heavy atom. The molecular formula is C8H13NO4S. The standard InChI is InChI=1S/C8H13NO4S/c1-5(10)9-6(2)14(12)4-7(9)8(11)13-3/h6-7H,4H2,1-3H3/t6?,7-,14?/m0/s1. The summed E-state index contributed by atoms with van der Waals surface area (Å²) in [6.45, 7) is 3.02. The fourth-order valence-electron chi connectivity index (χ4n) is 1.55. The highest BCUT2D eigenvalue weighted by Crippen LogP contribution is 2.20. The lowest BCUT2D eigenvalue weighted by Crippen LogP contribution is -2.44. The van der Waals surface area contributed by atoms with E-state index in [0.717, 1.165) is 0 Å². The van der Waals surface area contributed by atoms with Crippen molar-refractivity contribution in [1.82, 2.24) is 4.90 Å². The van der Waals surface area contributed by atoms with Crippen LogP contribution in [0.1, 0.15) is 13.8 Å². The van der Waals surface area contributed by atoms with Gasteiger partial charge in [0.1, 0.15) is 11.4 Å². The van der Waals surface area contributed by atoms with Crippen molar-refractivity contribution in [2.45, 2.75) is 25.3 Å². The SMILES string of the molecule is COC(=O)[C@@H]1CS(=O)C(C)N1C(C)=O. The molecule has 2 unspecified atom stereocenters. The second-order valence-corrected chi connectivity index (χ2v) is 4.89. The molecule has 0 radical (unpaired) electrons. The molecule has 0 bridgehead atoms. The zero-order chi connectivity index (χ0) is 10.9. The molecule has 1 heterocycles. The number of rotatable bonds is 1. The van der Waals surface area contributed by atoms with E-state index in [-0.39, 0.29) is 11.7 Å². The van der Waals surface area contributed by atoms with Crippen molar-refractivity contribution in [2.75, 3.05) is 12.9 Å². The molecule has 1 aliphatic heterocycles. The summed E-state index contributed by atoms with van der Waals surface area (Å²) in [4.78, 5) is 23.8. The largest absolute Gasteiger partial charge is 0.467 e. The van der Waals surface area contributed by atoms with Gasteiger partial charge in [0, 0.05) is 17.7 Å². The molecule has 1 saturated heterocycles. The number of methoxy groups -OCH3 is 1. The molecule has 0 N–H and O–H groups in total. The Balaban J connectivity index is 2.91. The fourth-order valence-corrected chi connectivity index (χ4v) is 2.98. The normalized spacial score (nSPS) is 31.6. The summed E-state index contributed by atoms with van der Waals surface area (Å²) in [5.41, 5.74) is 0. The Labute approximate surface area is 84.9 Å². The molecule has 3 atom stereocenters. The molecule has 6 heteroatoms. The summed E-state index contributed by atoms with van der Waals surface area (Å²) in [5.74, 6) is -0.579. The van der Waals surface area contributed by atoms with Gasteiger partial charge in [-0.2, -0.15) is 0 Å². The van der Waals surface area contributed by atoms with Crippen molar-refractivity contribution in [3.8, 4) is 0 Å². The van der Waals surface area contributed by atoms with Gasteiger partial charge in [-0.25, -0.2) is 4.79 Å². The lowest BCUT2D eigenvalue weighted by Gasteiger charge is -2.23. The first-order valence-corrected chi connectivity index (χ1v) is 5.61. The second-order valence-electron chi connectivity index (χ2n) is 3.11. The predicted octanol–water partition coefficient (Wildman–Crippen LogP) is -0.515. The predicted molar refractivity (Wildman–Crippen MR) is 50.8 cm³/mol. The highest BCUT2D eigenvalue weighted by molar-refractivity contribution is 7.85. The Morgan fingerprint density at radius 1 is 1.50 bits per heavy atom. The number of amides is 1. The molecular weight excluding hydrogens is 206 g/mol. The van der Waals surface area contributed by atoms with Gasteiger partial charge in [0.2, 0.25) is 5.91 Å². The van der Waals surface area contributed by atoms with Crippen LogP contribution in [0.15, 0.2) is 0 Å². The number of carbonyl (C=O) groups excluding carboxylic acids is 2. The maximum Gasteiger partial charge on any atom is 0.329 e. The van der Waals surface area contributed by atoms with Crippen molar-refractivity contribution < 1.29 is 18.5 Å². The first kappa shape index (κ1) is 11.2. The summed E-state index contributed by atoms with van der Waals surface area (Å²) in [7, 11) is 0.0903. The van der Waals surface area contributed by atoms with Gasteiger partial charge in [0.25, 0.3) is 0 Å². The molecule has 0 saturated carbocycles. The Kier molecular flexibility index (Phi) is 3.25. The van der Waals surface area contributed by atoms with Gasteiger partial charge in [-0.3, -0.25) is 9.00 Å². The Bertz CT molecular complexity index is 291. The molecule has 0 spiro atoms. The number of esters is 1. The van der Waals surface area contributed by atoms with E-state index in [1.807, 2.05) is 0 Å². The highest BCUT2D eigenvalue weighted by atomic mass is 32.2. The third kappa shape index (κ3) is 1.79. The van der Waals surface area contributed by atoms with Gasteiger partial charge < -0.3 is 9.64 Å². The van der Waals surface area contributed by atoms with Crippen molar-refractivity contribution >= 4 is 22.7 Å². The van der Waals surface area contributed by atoms with E-state index in [4.69, 9.17) is 0 Å². The molecule has 1 rings (SSSR count). The van der Waals surface area contributed by atoms with Crippen LogP contribution in [0.25, 0.3) is 0 Å². The van der Waals surface area contributed by atoms with Crippen molar-refractivity contribution in [2.24, 2.45) is 0 Å².